The number of nitrogens with two attached hydrogens (primary N) is 1. The zero-order valence-electron chi connectivity index (χ0n) is 9.14. The fourth-order valence-electron chi connectivity index (χ4n) is 1.88. The summed E-state index contributed by atoms with van der Waals surface area (Å²) in [6.45, 7) is 0. The van der Waals surface area contributed by atoms with Crippen molar-refractivity contribution >= 4 is 61.8 Å². The first-order valence-electron chi connectivity index (χ1n) is 5.20. The number of pyridine rings is 1. The normalized spacial score (nSPS) is 11.0. The Balaban J connectivity index is 2.41. The van der Waals surface area contributed by atoms with Gasteiger partial charge in [-0.1, -0.05) is 18.2 Å². The monoisotopic (exact) mass is 462 g/mol. The number of para-hydroxylation sites is 1. The number of nitrogens with zero attached hydrogens (tertiary/aromatic N) is 3. The maximum absolute atomic E-state index is 6.08. The Bertz CT molecular complexity index is 736. The third-order valence-corrected chi connectivity index (χ3v) is 5.54. The molecule has 0 aliphatic rings. The predicted molar refractivity (Wildman–Crippen MR) is 88.7 cm³/mol. The van der Waals surface area contributed by atoms with Crippen molar-refractivity contribution in [1.82, 2.24) is 14.5 Å². The number of benzene rings is 1. The zero-order chi connectivity index (χ0) is 12.7. The van der Waals surface area contributed by atoms with Crippen molar-refractivity contribution in [2.45, 2.75) is 0 Å². The molecule has 0 aliphatic heterocycles. The average molecular weight is 462 g/mol. The number of rotatable bonds is 1. The average Bonchev–Trinajstić information content (AvgIpc) is 2.70. The van der Waals surface area contributed by atoms with Crippen molar-refractivity contribution < 1.29 is 0 Å². The van der Waals surface area contributed by atoms with Crippen LogP contribution in [-0.2, 0) is 0 Å². The molecule has 0 fully saturated rings. The van der Waals surface area contributed by atoms with Crippen LogP contribution in [-0.4, -0.2) is 14.5 Å². The standard InChI is InChI=1S/C12H8I2N4/c13-11-12(14)18(6-17-11)10-7-3-1-2-4-9(7)16-5-8(10)15/h1-6H,15H2. The first kappa shape index (κ1) is 12.2. The van der Waals surface area contributed by atoms with Crippen LogP contribution in [0.5, 0.6) is 0 Å². The van der Waals surface area contributed by atoms with Gasteiger partial charge in [-0.3, -0.25) is 9.55 Å². The fraction of sp³-hybridized carbons (Fsp3) is 0. The maximum atomic E-state index is 6.08. The van der Waals surface area contributed by atoms with E-state index in [1.165, 1.54) is 0 Å². The Morgan fingerprint density at radius 2 is 1.89 bits per heavy atom. The molecule has 0 saturated carbocycles. The summed E-state index contributed by atoms with van der Waals surface area (Å²) >= 11 is 4.48. The molecule has 0 bridgehead atoms. The summed E-state index contributed by atoms with van der Waals surface area (Å²) in [4.78, 5) is 8.65. The van der Waals surface area contributed by atoms with Crippen LogP contribution < -0.4 is 5.73 Å². The van der Waals surface area contributed by atoms with Gasteiger partial charge in [-0.25, -0.2) is 4.98 Å². The van der Waals surface area contributed by atoms with Gasteiger partial charge < -0.3 is 5.73 Å². The Hall–Kier alpha value is -0.900. The lowest BCUT2D eigenvalue weighted by molar-refractivity contribution is 1.04. The van der Waals surface area contributed by atoms with Crippen LogP contribution in [0, 0.1) is 7.40 Å². The van der Waals surface area contributed by atoms with E-state index in [2.05, 4.69) is 55.1 Å². The number of anilines is 1. The fourth-order valence-corrected chi connectivity index (χ4v) is 2.77. The molecule has 0 unspecified atom stereocenters. The molecule has 90 valence electrons. The van der Waals surface area contributed by atoms with E-state index in [9.17, 15) is 0 Å². The van der Waals surface area contributed by atoms with Crippen LogP contribution in [0.4, 0.5) is 5.69 Å². The summed E-state index contributed by atoms with van der Waals surface area (Å²) in [6.07, 6.45) is 3.49. The predicted octanol–water partition coefficient (Wildman–Crippen LogP) is 3.21. The minimum absolute atomic E-state index is 0.653. The van der Waals surface area contributed by atoms with E-state index in [1.54, 1.807) is 12.5 Å². The Morgan fingerprint density at radius 3 is 2.61 bits per heavy atom. The highest BCUT2D eigenvalue weighted by Crippen LogP contribution is 2.28. The molecule has 2 N–H and O–H groups in total. The van der Waals surface area contributed by atoms with E-state index in [1.807, 2.05) is 28.8 Å². The van der Waals surface area contributed by atoms with E-state index >= 15 is 0 Å². The van der Waals surface area contributed by atoms with E-state index in [-0.39, 0.29) is 0 Å². The number of hydrogen-bond acceptors (Lipinski definition) is 3. The number of hydrogen-bond donors (Lipinski definition) is 1. The van der Waals surface area contributed by atoms with Crippen LogP contribution in [0.25, 0.3) is 16.6 Å². The van der Waals surface area contributed by atoms with E-state index in [0.29, 0.717) is 5.69 Å². The molecule has 3 rings (SSSR count). The lowest BCUT2D eigenvalue weighted by Gasteiger charge is -2.11. The minimum Gasteiger partial charge on any atom is -0.396 e. The number of aromatic nitrogens is 3. The number of imidazole rings is 1. The molecule has 0 amide bonds. The van der Waals surface area contributed by atoms with E-state index in [0.717, 1.165) is 24.0 Å². The molecule has 1 aromatic carbocycles. The summed E-state index contributed by atoms with van der Waals surface area (Å²) in [6, 6.07) is 7.96. The van der Waals surface area contributed by atoms with Gasteiger partial charge in [0.25, 0.3) is 0 Å². The summed E-state index contributed by atoms with van der Waals surface area (Å²) in [5.74, 6) is 0. The van der Waals surface area contributed by atoms with Crippen LogP contribution >= 0.6 is 45.2 Å². The smallest absolute Gasteiger partial charge is 0.133 e. The minimum atomic E-state index is 0.653. The highest BCUT2D eigenvalue weighted by molar-refractivity contribution is 14.1. The van der Waals surface area contributed by atoms with E-state index in [4.69, 9.17) is 5.73 Å². The molecule has 0 spiro atoms. The van der Waals surface area contributed by atoms with Crippen LogP contribution in [0.15, 0.2) is 36.8 Å². The SMILES string of the molecule is Nc1cnc2ccccc2c1-n1cnc(I)c1I. The lowest BCUT2D eigenvalue weighted by Crippen LogP contribution is -2.02. The van der Waals surface area contributed by atoms with Crippen molar-refractivity contribution in [3.05, 3.63) is 44.2 Å². The van der Waals surface area contributed by atoms with Crippen molar-refractivity contribution in [2.24, 2.45) is 0 Å². The molecule has 2 aromatic heterocycles. The molecule has 6 heteroatoms. The van der Waals surface area contributed by atoms with Crippen molar-refractivity contribution in [3.63, 3.8) is 0 Å². The van der Waals surface area contributed by atoms with Crippen LogP contribution in [0.3, 0.4) is 0 Å². The molecule has 0 aliphatic carbocycles. The van der Waals surface area contributed by atoms with Crippen LogP contribution in [0.1, 0.15) is 0 Å². The molecule has 0 radical (unpaired) electrons. The maximum Gasteiger partial charge on any atom is 0.133 e. The third-order valence-electron chi connectivity index (χ3n) is 2.68. The number of fused-ring (bicyclic) bond motifs is 1. The molecule has 0 saturated heterocycles. The molecule has 2 heterocycles. The number of nitrogen functional groups attached to an aromatic ring is 1. The highest BCUT2D eigenvalue weighted by Gasteiger charge is 2.13. The van der Waals surface area contributed by atoms with Gasteiger partial charge in [-0.2, -0.15) is 0 Å². The van der Waals surface area contributed by atoms with Gasteiger partial charge in [0.2, 0.25) is 0 Å². The molecular formula is C12H8I2N4. The largest absolute Gasteiger partial charge is 0.396 e. The van der Waals surface area contributed by atoms with Gasteiger partial charge >= 0.3 is 0 Å². The summed E-state index contributed by atoms with van der Waals surface area (Å²) in [5, 5.41) is 1.03. The molecular weight excluding hydrogens is 454 g/mol. The second-order valence-corrected chi connectivity index (χ2v) is 5.82. The first-order valence-corrected chi connectivity index (χ1v) is 7.36. The second-order valence-electron chi connectivity index (χ2n) is 3.78. The Labute approximate surface area is 131 Å². The molecule has 4 nitrogen and oxygen atoms in total. The van der Waals surface area contributed by atoms with Gasteiger partial charge in [0.1, 0.15) is 13.7 Å². The van der Waals surface area contributed by atoms with E-state index < -0.39 is 0 Å². The highest BCUT2D eigenvalue weighted by atomic mass is 127. The topological polar surface area (TPSA) is 56.7 Å². The van der Waals surface area contributed by atoms with Gasteiger partial charge in [0.05, 0.1) is 23.1 Å². The molecule has 3 aromatic rings. The van der Waals surface area contributed by atoms with Gasteiger partial charge in [-0.15, -0.1) is 0 Å². The quantitative estimate of drug-likeness (QED) is 0.566. The number of halogens is 2. The Kier molecular flexibility index (Phi) is 3.14. The Morgan fingerprint density at radius 1 is 1.11 bits per heavy atom. The van der Waals surface area contributed by atoms with Gasteiger partial charge in [0, 0.05) is 5.39 Å². The molecule has 0 atom stereocenters. The molecule has 18 heavy (non-hydrogen) atoms. The zero-order valence-corrected chi connectivity index (χ0v) is 13.5. The van der Waals surface area contributed by atoms with Crippen molar-refractivity contribution in [1.29, 1.82) is 0 Å². The first-order chi connectivity index (χ1) is 8.68. The summed E-state index contributed by atoms with van der Waals surface area (Å²) < 4.78 is 4.02. The lowest BCUT2D eigenvalue weighted by atomic mass is 10.1. The second kappa shape index (κ2) is 4.65. The third kappa shape index (κ3) is 1.87. The van der Waals surface area contributed by atoms with Crippen LogP contribution in [0.2, 0.25) is 0 Å². The van der Waals surface area contributed by atoms with Gasteiger partial charge in [-0.05, 0) is 51.2 Å². The van der Waals surface area contributed by atoms with Gasteiger partial charge in [0.15, 0.2) is 0 Å². The van der Waals surface area contributed by atoms with Crippen molar-refractivity contribution in [3.8, 4) is 5.69 Å². The van der Waals surface area contributed by atoms with Crippen molar-refractivity contribution in [2.75, 3.05) is 5.73 Å². The summed E-state index contributed by atoms with van der Waals surface area (Å²) in [7, 11) is 0. The summed E-state index contributed by atoms with van der Waals surface area (Å²) in [5.41, 5.74) is 8.61.